The van der Waals surface area contributed by atoms with Gasteiger partial charge in [0.1, 0.15) is 11.5 Å². The highest BCUT2D eigenvalue weighted by molar-refractivity contribution is 6.02. The number of ether oxygens (including phenoxy) is 1. The van der Waals surface area contributed by atoms with Gasteiger partial charge in [-0.15, -0.1) is 0 Å². The minimum absolute atomic E-state index is 0.0992. The fraction of sp³-hybridized carbons (Fsp3) is 0.0833. The number of carbonyl (C=O) groups is 1. The molecule has 0 aliphatic heterocycles. The Kier molecular flexibility index (Phi) is 5.12. The fourth-order valence-corrected chi connectivity index (χ4v) is 3.17. The predicted molar refractivity (Wildman–Crippen MR) is 115 cm³/mol. The first-order valence-corrected chi connectivity index (χ1v) is 9.31. The average molecular weight is 384 g/mol. The highest BCUT2D eigenvalue weighted by atomic mass is 16.5. The van der Waals surface area contributed by atoms with Crippen molar-refractivity contribution in [1.82, 2.24) is 5.43 Å². The van der Waals surface area contributed by atoms with Crippen molar-refractivity contribution in [2.75, 3.05) is 0 Å². The van der Waals surface area contributed by atoms with Crippen LogP contribution < -0.4 is 10.2 Å². The molecule has 0 heterocycles. The van der Waals surface area contributed by atoms with Gasteiger partial charge in [0.2, 0.25) is 0 Å². The predicted octanol–water partition coefficient (Wildman–Crippen LogP) is 4.62. The van der Waals surface area contributed by atoms with Gasteiger partial charge in [0, 0.05) is 5.56 Å². The summed E-state index contributed by atoms with van der Waals surface area (Å²) in [5, 5.41) is 18.1. The van der Waals surface area contributed by atoms with E-state index in [-0.39, 0.29) is 11.7 Å². The zero-order chi connectivity index (χ0) is 20.2. The first-order chi connectivity index (χ1) is 14.1. The summed E-state index contributed by atoms with van der Waals surface area (Å²) in [5.41, 5.74) is 3.02. The lowest BCUT2D eigenvalue weighted by atomic mass is 10.0. The summed E-state index contributed by atoms with van der Waals surface area (Å²) in [6, 6.07) is 24.7. The first-order valence-electron chi connectivity index (χ1n) is 9.31. The Bertz CT molecular complexity index is 1220. The summed E-state index contributed by atoms with van der Waals surface area (Å²) in [6.45, 7) is 1.66. The highest BCUT2D eigenvalue weighted by Crippen LogP contribution is 2.25. The third kappa shape index (κ3) is 4.04. The van der Waals surface area contributed by atoms with E-state index in [9.17, 15) is 9.90 Å². The summed E-state index contributed by atoms with van der Waals surface area (Å²) < 4.78 is 5.75. The Hall–Kier alpha value is -3.86. The van der Waals surface area contributed by atoms with Crippen LogP contribution in [0.2, 0.25) is 0 Å². The number of benzene rings is 4. The number of phenols is 1. The number of carbonyl (C=O) groups excluding carboxylic acids is 1. The molecule has 144 valence electrons. The topological polar surface area (TPSA) is 70.9 Å². The molecule has 0 radical (unpaired) electrons. The number of amides is 1. The van der Waals surface area contributed by atoms with Crippen molar-refractivity contribution in [3.8, 4) is 11.5 Å². The number of hydrazone groups is 1. The van der Waals surface area contributed by atoms with E-state index in [2.05, 4.69) is 10.5 Å². The Labute approximate surface area is 168 Å². The zero-order valence-corrected chi connectivity index (χ0v) is 15.9. The Balaban J connectivity index is 1.44. The van der Waals surface area contributed by atoms with E-state index in [1.54, 1.807) is 13.0 Å². The maximum atomic E-state index is 12.3. The van der Waals surface area contributed by atoms with Crippen molar-refractivity contribution < 1.29 is 14.6 Å². The van der Waals surface area contributed by atoms with Crippen LogP contribution in [-0.2, 0) is 4.79 Å². The molecule has 1 unspecified atom stereocenters. The molecule has 0 fully saturated rings. The van der Waals surface area contributed by atoms with E-state index < -0.39 is 6.10 Å². The van der Waals surface area contributed by atoms with E-state index >= 15 is 0 Å². The molecule has 0 saturated heterocycles. The second kappa shape index (κ2) is 8.02. The molecule has 4 rings (SSSR count). The van der Waals surface area contributed by atoms with E-state index in [4.69, 9.17) is 4.74 Å². The lowest BCUT2D eigenvalue weighted by molar-refractivity contribution is -0.127. The molecule has 4 aromatic rings. The van der Waals surface area contributed by atoms with Gasteiger partial charge in [0.25, 0.3) is 5.91 Å². The van der Waals surface area contributed by atoms with Gasteiger partial charge in [-0.25, -0.2) is 5.43 Å². The van der Waals surface area contributed by atoms with Crippen molar-refractivity contribution in [3.63, 3.8) is 0 Å². The molecule has 5 nitrogen and oxygen atoms in total. The lowest BCUT2D eigenvalue weighted by Gasteiger charge is -2.13. The van der Waals surface area contributed by atoms with Gasteiger partial charge in [-0.3, -0.25) is 4.79 Å². The molecule has 4 aromatic carbocycles. The van der Waals surface area contributed by atoms with Gasteiger partial charge in [-0.05, 0) is 46.7 Å². The largest absolute Gasteiger partial charge is 0.507 e. The molecule has 1 amide bonds. The van der Waals surface area contributed by atoms with Crippen LogP contribution >= 0.6 is 0 Å². The molecule has 29 heavy (non-hydrogen) atoms. The minimum atomic E-state index is -0.727. The molecule has 0 aliphatic rings. The number of nitrogens with one attached hydrogen (secondary N) is 1. The minimum Gasteiger partial charge on any atom is -0.507 e. The quantitative estimate of drug-likeness (QED) is 0.390. The van der Waals surface area contributed by atoms with E-state index in [1.807, 2.05) is 72.8 Å². The first kappa shape index (κ1) is 18.5. The summed E-state index contributed by atoms with van der Waals surface area (Å²) in [6.07, 6.45) is 0.715. The van der Waals surface area contributed by atoms with Gasteiger partial charge in [0.05, 0.1) is 6.21 Å². The molecular formula is C24H20N2O3. The summed E-state index contributed by atoms with van der Waals surface area (Å²) >= 11 is 0. The molecule has 5 heteroatoms. The monoisotopic (exact) mass is 384 g/mol. The van der Waals surface area contributed by atoms with Crippen LogP contribution in [0.15, 0.2) is 84.0 Å². The molecule has 0 aromatic heterocycles. The van der Waals surface area contributed by atoms with E-state index in [0.29, 0.717) is 11.3 Å². The van der Waals surface area contributed by atoms with Gasteiger partial charge in [0.15, 0.2) is 6.10 Å². The van der Waals surface area contributed by atoms with Gasteiger partial charge in [-0.2, -0.15) is 5.10 Å². The Morgan fingerprint density at radius 1 is 0.966 bits per heavy atom. The number of hydrogen-bond donors (Lipinski definition) is 2. The van der Waals surface area contributed by atoms with Crippen LogP contribution in [0.25, 0.3) is 21.5 Å². The van der Waals surface area contributed by atoms with Crippen molar-refractivity contribution in [1.29, 1.82) is 0 Å². The van der Waals surface area contributed by atoms with Gasteiger partial charge in [-0.1, -0.05) is 60.7 Å². The number of aromatic hydroxyl groups is 1. The van der Waals surface area contributed by atoms with Crippen LogP contribution in [0.4, 0.5) is 0 Å². The summed E-state index contributed by atoms with van der Waals surface area (Å²) in [4.78, 5) is 12.3. The van der Waals surface area contributed by atoms with Crippen molar-refractivity contribution in [2.45, 2.75) is 13.0 Å². The summed E-state index contributed by atoms with van der Waals surface area (Å²) in [5.74, 6) is 0.332. The van der Waals surface area contributed by atoms with Gasteiger partial charge < -0.3 is 9.84 Å². The number of fused-ring (bicyclic) bond motifs is 2. The average Bonchev–Trinajstić information content (AvgIpc) is 2.75. The van der Waals surface area contributed by atoms with Crippen LogP contribution in [0.3, 0.4) is 0 Å². The summed E-state index contributed by atoms with van der Waals surface area (Å²) in [7, 11) is 0. The molecule has 0 saturated carbocycles. The molecular weight excluding hydrogens is 364 g/mol. The highest BCUT2D eigenvalue weighted by Gasteiger charge is 2.14. The van der Waals surface area contributed by atoms with Crippen LogP contribution in [0.1, 0.15) is 12.5 Å². The third-order valence-corrected chi connectivity index (χ3v) is 4.72. The van der Waals surface area contributed by atoms with E-state index in [0.717, 1.165) is 21.5 Å². The number of rotatable bonds is 5. The number of phenolic OH excluding ortho intramolecular Hbond substituents is 1. The third-order valence-electron chi connectivity index (χ3n) is 4.72. The second-order valence-corrected chi connectivity index (χ2v) is 6.72. The normalized spacial score (nSPS) is 12.3. The van der Waals surface area contributed by atoms with Crippen LogP contribution in [0.5, 0.6) is 11.5 Å². The number of hydrogen-bond acceptors (Lipinski definition) is 4. The molecule has 0 spiro atoms. The van der Waals surface area contributed by atoms with Crippen molar-refractivity contribution >= 4 is 33.7 Å². The molecule has 0 aliphatic carbocycles. The van der Waals surface area contributed by atoms with Crippen molar-refractivity contribution in [3.05, 3.63) is 84.4 Å². The molecule has 0 bridgehead atoms. The smallest absolute Gasteiger partial charge is 0.280 e. The zero-order valence-electron chi connectivity index (χ0n) is 15.9. The molecule has 2 N–H and O–H groups in total. The van der Waals surface area contributed by atoms with Crippen molar-refractivity contribution in [2.24, 2.45) is 5.10 Å². The maximum Gasteiger partial charge on any atom is 0.280 e. The lowest BCUT2D eigenvalue weighted by Crippen LogP contribution is -2.33. The molecule has 1 atom stereocenters. The number of nitrogens with zero attached hydrogens (tertiary/aromatic N) is 1. The fourth-order valence-electron chi connectivity index (χ4n) is 3.17. The van der Waals surface area contributed by atoms with E-state index in [1.165, 1.54) is 6.21 Å². The maximum absolute atomic E-state index is 12.3. The standard InChI is InChI=1S/C24H20N2O3/c1-16(29-20-12-10-17-6-2-3-8-19(17)14-20)24(28)26-25-15-22-21-9-5-4-7-18(21)11-13-23(22)27/h2-16,27H,1H3,(H,26,28)/b25-15+. The Morgan fingerprint density at radius 3 is 2.48 bits per heavy atom. The Morgan fingerprint density at radius 2 is 1.66 bits per heavy atom. The van der Waals surface area contributed by atoms with Crippen LogP contribution in [-0.4, -0.2) is 23.3 Å². The van der Waals surface area contributed by atoms with Crippen LogP contribution in [0, 0.1) is 0 Å². The SMILES string of the molecule is CC(Oc1ccc2ccccc2c1)C(=O)N/N=C/c1c(O)ccc2ccccc12. The van der Waals surface area contributed by atoms with Gasteiger partial charge >= 0.3 is 0 Å². The second-order valence-electron chi connectivity index (χ2n) is 6.72.